The lowest BCUT2D eigenvalue weighted by Crippen LogP contribution is -1.95. The highest BCUT2D eigenvalue weighted by molar-refractivity contribution is 5.43. The van der Waals surface area contributed by atoms with E-state index in [9.17, 15) is 8.78 Å². The van der Waals surface area contributed by atoms with Crippen molar-refractivity contribution in [3.63, 3.8) is 0 Å². The molecule has 0 radical (unpaired) electrons. The number of fused-ring (bicyclic) bond motifs is 1. The maximum atomic E-state index is 12.3. The average Bonchev–Trinajstić information content (AvgIpc) is 2.42. The van der Waals surface area contributed by atoms with E-state index in [1.54, 1.807) is 4.40 Å². The van der Waals surface area contributed by atoms with Gasteiger partial charge in [-0.15, -0.1) is 0 Å². The molecule has 0 saturated carbocycles. The van der Waals surface area contributed by atoms with Crippen molar-refractivity contribution < 1.29 is 8.78 Å². The summed E-state index contributed by atoms with van der Waals surface area (Å²) in [5.41, 5.74) is 2.04. The van der Waals surface area contributed by atoms with Crippen LogP contribution in [-0.4, -0.2) is 14.4 Å². The van der Waals surface area contributed by atoms with E-state index in [2.05, 4.69) is 9.97 Å². The Labute approximate surface area is 79.4 Å². The van der Waals surface area contributed by atoms with Gasteiger partial charge >= 0.3 is 0 Å². The van der Waals surface area contributed by atoms with Gasteiger partial charge in [0.1, 0.15) is 17.7 Å². The summed E-state index contributed by atoms with van der Waals surface area (Å²) in [6.45, 7) is 3.71. The highest BCUT2D eigenvalue weighted by atomic mass is 19.3. The standard InChI is InChI=1S/C9H9F2N3/c1-5-6(2)14-4-12-7(9(10)11)3-8(14)13-5/h3-4,9H,1-2H3. The SMILES string of the molecule is Cc1nc2cc(C(F)F)ncn2c1C. The molecule has 0 fully saturated rings. The molecule has 0 aliphatic rings. The molecule has 0 amide bonds. The van der Waals surface area contributed by atoms with Crippen molar-refractivity contribution in [3.8, 4) is 0 Å². The van der Waals surface area contributed by atoms with Gasteiger partial charge in [0.05, 0.1) is 5.69 Å². The van der Waals surface area contributed by atoms with Gasteiger partial charge in [-0.25, -0.2) is 18.7 Å². The van der Waals surface area contributed by atoms with Crippen LogP contribution in [0.15, 0.2) is 12.4 Å². The van der Waals surface area contributed by atoms with E-state index in [-0.39, 0.29) is 5.69 Å². The van der Waals surface area contributed by atoms with Crippen LogP contribution in [0.3, 0.4) is 0 Å². The van der Waals surface area contributed by atoms with Crippen molar-refractivity contribution in [3.05, 3.63) is 29.5 Å². The second kappa shape index (κ2) is 3.01. The van der Waals surface area contributed by atoms with Gasteiger partial charge < -0.3 is 0 Å². The molecule has 0 unspecified atom stereocenters. The van der Waals surface area contributed by atoms with Crippen LogP contribution in [0.2, 0.25) is 0 Å². The minimum absolute atomic E-state index is 0.234. The van der Waals surface area contributed by atoms with Crippen molar-refractivity contribution in [2.45, 2.75) is 20.3 Å². The van der Waals surface area contributed by atoms with Gasteiger partial charge in [0.15, 0.2) is 0 Å². The van der Waals surface area contributed by atoms with Crippen LogP contribution in [0.1, 0.15) is 23.5 Å². The molecule has 0 spiro atoms. The van der Waals surface area contributed by atoms with Crippen LogP contribution in [-0.2, 0) is 0 Å². The predicted molar refractivity (Wildman–Crippen MR) is 47.4 cm³/mol. The first kappa shape index (κ1) is 9.05. The Morgan fingerprint density at radius 3 is 2.71 bits per heavy atom. The van der Waals surface area contributed by atoms with E-state index < -0.39 is 6.43 Å². The summed E-state index contributed by atoms with van der Waals surface area (Å²) in [4.78, 5) is 7.80. The first-order valence-electron chi connectivity index (χ1n) is 4.19. The molecule has 0 aliphatic heterocycles. The second-order valence-electron chi connectivity index (χ2n) is 3.13. The van der Waals surface area contributed by atoms with Crippen molar-refractivity contribution in [2.75, 3.05) is 0 Å². The van der Waals surface area contributed by atoms with E-state index in [4.69, 9.17) is 0 Å². The smallest absolute Gasteiger partial charge is 0.280 e. The summed E-state index contributed by atoms with van der Waals surface area (Å²) < 4.78 is 26.3. The molecule has 0 aliphatic carbocycles. The third-order valence-corrected chi connectivity index (χ3v) is 2.24. The Balaban J connectivity index is 2.67. The fourth-order valence-electron chi connectivity index (χ4n) is 1.31. The molecule has 5 heteroatoms. The van der Waals surface area contributed by atoms with Gasteiger partial charge in [-0.1, -0.05) is 0 Å². The number of imidazole rings is 1. The summed E-state index contributed by atoms with van der Waals surface area (Å²) in [6.07, 6.45) is -1.16. The Morgan fingerprint density at radius 1 is 1.36 bits per heavy atom. The lowest BCUT2D eigenvalue weighted by atomic mass is 10.4. The summed E-state index contributed by atoms with van der Waals surface area (Å²) in [6, 6.07) is 1.31. The van der Waals surface area contributed by atoms with Crippen molar-refractivity contribution in [1.29, 1.82) is 0 Å². The quantitative estimate of drug-likeness (QED) is 0.702. The second-order valence-corrected chi connectivity index (χ2v) is 3.13. The summed E-state index contributed by atoms with van der Waals surface area (Å²) >= 11 is 0. The van der Waals surface area contributed by atoms with E-state index in [0.29, 0.717) is 5.65 Å². The number of hydrogen-bond donors (Lipinski definition) is 0. The van der Waals surface area contributed by atoms with Crippen LogP contribution in [0, 0.1) is 13.8 Å². The topological polar surface area (TPSA) is 30.2 Å². The predicted octanol–water partition coefficient (Wildman–Crippen LogP) is 2.28. The zero-order chi connectivity index (χ0) is 10.3. The monoisotopic (exact) mass is 197 g/mol. The highest BCUT2D eigenvalue weighted by Crippen LogP contribution is 2.18. The molecule has 0 N–H and O–H groups in total. The third-order valence-electron chi connectivity index (χ3n) is 2.24. The van der Waals surface area contributed by atoms with Gasteiger partial charge in [0, 0.05) is 11.8 Å². The molecule has 0 bridgehead atoms. The molecule has 0 saturated heterocycles. The first-order chi connectivity index (χ1) is 6.59. The molecule has 2 aromatic heterocycles. The Morgan fingerprint density at radius 2 is 2.07 bits per heavy atom. The zero-order valence-corrected chi connectivity index (χ0v) is 7.83. The number of nitrogens with zero attached hydrogens (tertiary/aromatic N) is 3. The fraction of sp³-hybridized carbons (Fsp3) is 0.333. The van der Waals surface area contributed by atoms with Crippen molar-refractivity contribution >= 4 is 5.65 Å². The molecule has 2 aromatic rings. The zero-order valence-electron chi connectivity index (χ0n) is 7.83. The van der Waals surface area contributed by atoms with E-state index in [0.717, 1.165) is 11.4 Å². The van der Waals surface area contributed by atoms with Crippen LogP contribution < -0.4 is 0 Å². The van der Waals surface area contributed by atoms with Crippen LogP contribution >= 0.6 is 0 Å². The maximum Gasteiger partial charge on any atom is 0.280 e. The Bertz CT molecular complexity index is 476. The Hall–Kier alpha value is -1.52. The lowest BCUT2D eigenvalue weighted by Gasteiger charge is -1.99. The number of rotatable bonds is 1. The molecule has 74 valence electrons. The molecule has 2 rings (SSSR count). The van der Waals surface area contributed by atoms with Gasteiger partial charge in [-0.05, 0) is 13.8 Å². The van der Waals surface area contributed by atoms with Crippen molar-refractivity contribution in [1.82, 2.24) is 14.4 Å². The molecule has 0 atom stereocenters. The normalized spacial score (nSPS) is 11.5. The molecular weight excluding hydrogens is 188 g/mol. The van der Waals surface area contributed by atoms with Crippen LogP contribution in [0.4, 0.5) is 8.78 Å². The minimum atomic E-state index is -2.54. The molecule has 2 heterocycles. The molecule has 14 heavy (non-hydrogen) atoms. The number of halogens is 2. The van der Waals surface area contributed by atoms with E-state index >= 15 is 0 Å². The summed E-state index contributed by atoms with van der Waals surface area (Å²) in [5.74, 6) is 0. The number of hydrogen-bond acceptors (Lipinski definition) is 2. The van der Waals surface area contributed by atoms with Gasteiger partial charge in [0.25, 0.3) is 6.43 Å². The fourth-order valence-corrected chi connectivity index (χ4v) is 1.31. The van der Waals surface area contributed by atoms with E-state index in [1.165, 1.54) is 12.4 Å². The highest BCUT2D eigenvalue weighted by Gasteiger charge is 2.11. The number of aromatic nitrogens is 3. The molecular formula is C9H9F2N3. The first-order valence-corrected chi connectivity index (χ1v) is 4.19. The minimum Gasteiger partial charge on any atom is -0.287 e. The Kier molecular flexibility index (Phi) is 1.94. The van der Waals surface area contributed by atoms with Crippen LogP contribution in [0.25, 0.3) is 5.65 Å². The number of alkyl halides is 2. The molecule has 0 aromatic carbocycles. The lowest BCUT2D eigenvalue weighted by molar-refractivity contribution is 0.146. The summed E-state index contributed by atoms with van der Waals surface area (Å²) in [5, 5.41) is 0. The number of aryl methyl sites for hydroxylation is 2. The summed E-state index contributed by atoms with van der Waals surface area (Å²) in [7, 11) is 0. The average molecular weight is 197 g/mol. The van der Waals surface area contributed by atoms with Crippen LogP contribution in [0.5, 0.6) is 0 Å². The molecule has 3 nitrogen and oxygen atoms in total. The maximum absolute atomic E-state index is 12.3. The van der Waals surface area contributed by atoms with Gasteiger partial charge in [-0.2, -0.15) is 0 Å². The van der Waals surface area contributed by atoms with E-state index in [1.807, 2.05) is 13.8 Å². The van der Waals surface area contributed by atoms with Gasteiger partial charge in [-0.3, -0.25) is 4.40 Å². The largest absolute Gasteiger partial charge is 0.287 e. The van der Waals surface area contributed by atoms with Crippen molar-refractivity contribution in [2.24, 2.45) is 0 Å². The third kappa shape index (κ3) is 1.25. The van der Waals surface area contributed by atoms with Gasteiger partial charge in [0.2, 0.25) is 0 Å².